The number of fused-ring (bicyclic) bond motifs is 2. The number of aliphatic hydroxyl groups is 2. The fourth-order valence-corrected chi connectivity index (χ4v) is 4.69. The number of aliphatic hydroxyl groups excluding tert-OH is 2. The second kappa shape index (κ2) is 10.6. The SMILES string of the molecule is OCc1cc2ccc(C3CCOC3)cc2cn1.OCc1cc2ccc([C@@H]3CCOC3)cc2cn1. The molecule has 2 aliphatic heterocycles. The van der Waals surface area contributed by atoms with E-state index in [-0.39, 0.29) is 13.2 Å². The van der Waals surface area contributed by atoms with Crippen LogP contribution in [-0.4, -0.2) is 46.6 Å². The topological polar surface area (TPSA) is 84.7 Å². The highest BCUT2D eigenvalue weighted by atomic mass is 16.5. The minimum Gasteiger partial charge on any atom is -0.390 e. The molecule has 0 spiro atoms. The molecule has 2 atom stereocenters. The van der Waals surface area contributed by atoms with E-state index >= 15 is 0 Å². The molecular formula is C28H30N2O4. The predicted octanol–water partition coefficient (Wildman–Crippen LogP) is 4.46. The highest BCUT2D eigenvalue weighted by Crippen LogP contribution is 2.29. The number of rotatable bonds is 4. The standard InChI is InChI=1S/2C14H15NO2/c2*16-8-14-6-11-2-1-10(5-13(11)7-15-14)12-3-4-17-9-12/h2*1-2,5-7,12,16H,3-4,8-9H2/t12-;/m1./s1. The Morgan fingerprint density at radius 2 is 1.12 bits per heavy atom. The van der Waals surface area contributed by atoms with Gasteiger partial charge in [0.15, 0.2) is 0 Å². The van der Waals surface area contributed by atoms with Crippen LogP contribution in [-0.2, 0) is 22.7 Å². The zero-order valence-electron chi connectivity index (χ0n) is 19.2. The molecule has 2 aromatic heterocycles. The molecule has 0 saturated carbocycles. The predicted molar refractivity (Wildman–Crippen MR) is 132 cm³/mol. The summed E-state index contributed by atoms with van der Waals surface area (Å²) >= 11 is 0. The first-order chi connectivity index (χ1) is 16.7. The fourth-order valence-electron chi connectivity index (χ4n) is 4.69. The van der Waals surface area contributed by atoms with E-state index in [4.69, 9.17) is 19.7 Å². The van der Waals surface area contributed by atoms with Crippen molar-refractivity contribution in [2.45, 2.75) is 37.9 Å². The van der Waals surface area contributed by atoms with E-state index in [0.717, 1.165) is 72.2 Å². The van der Waals surface area contributed by atoms with Crippen LogP contribution < -0.4 is 0 Å². The molecule has 34 heavy (non-hydrogen) atoms. The largest absolute Gasteiger partial charge is 0.390 e. The van der Waals surface area contributed by atoms with E-state index in [1.54, 1.807) is 0 Å². The lowest BCUT2D eigenvalue weighted by atomic mass is 9.96. The first-order valence-electron chi connectivity index (χ1n) is 11.9. The van der Waals surface area contributed by atoms with Gasteiger partial charge in [-0.3, -0.25) is 9.97 Å². The fraction of sp³-hybridized carbons (Fsp3) is 0.357. The smallest absolute Gasteiger partial charge is 0.0853 e. The second-order valence-electron chi connectivity index (χ2n) is 9.00. The Balaban J connectivity index is 0.000000142. The van der Waals surface area contributed by atoms with Crippen molar-refractivity contribution in [3.63, 3.8) is 0 Å². The molecule has 0 bridgehead atoms. The van der Waals surface area contributed by atoms with Crippen LogP contribution in [0.4, 0.5) is 0 Å². The molecule has 6 heteroatoms. The molecule has 4 heterocycles. The van der Waals surface area contributed by atoms with Crippen molar-refractivity contribution in [1.29, 1.82) is 0 Å². The maximum absolute atomic E-state index is 9.05. The van der Waals surface area contributed by atoms with E-state index in [1.807, 2.05) is 24.5 Å². The zero-order valence-corrected chi connectivity index (χ0v) is 19.2. The minimum absolute atomic E-state index is 0.00580. The van der Waals surface area contributed by atoms with Crippen LogP contribution in [0.15, 0.2) is 60.9 Å². The van der Waals surface area contributed by atoms with Crippen LogP contribution in [0.2, 0.25) is 0 Å². The number of nitrogens with zero attached hydrogens (tertiary/aromatic N) is 2. The number of benzene rings is 2. The molecule has 2 saturated heterocycles. The van der Waals surface area contributed by atoms with Gasteiger partial charge in [-0.2, -0.15) is 0 Å². The maximum Gasteiger partial charge on any atom is 0.0853 e. The molecule has 1 unspecified atom stereocenters. The summed E-state index contributed by atoms with van der Waals surface area (Å²) in [6, 6.07) is 16.7. The third kappa shape index (κ3) is 5.10. The van der Waals surface area contributed by atoms with Crippen LogP contribution in [0.1, 0.15) is 47.2 Å². The average molecular weight is 459 g/mol. The molecule has 2 fully saturated rings. The Hall–Kier alpha value is -2.90. The molecule has 2 N–H and O–H groups in total. The monoisotopic (exact) mass is 458 g/mol. The van der Waals surface area contributed by atoms with E-state index in [2.05, 4.69) is 46.4 Å². The van der Waals surface area contributed by atoms with E-state index in [9.17, 15) is 0 Å². The molecule has 2 aromatic carbocycles. The quantitative estimate of drug-likeness (QED) is 0.470. The average Bonchev–Trinajstić information content (AvgIpc) is 3.63. The first-order valence-corrected chi connectivity index (χ1v) is 11.9. The highest BCUT2D eigenvalue weighted by Gasteiger charge is 2.18. The lowest BCUT2D eigenvalue weighted by molar-refractivity contribution is 0.194. The summed E-state index contributed by atoms with van der Waals surface area (Å²) in [6.07, 6.45) is 5.88. The van der Waals surface area contributed by atoms with Gasteiger partial charge in [0.05, 0.1) is 37.8 Å². The Bertz CT molecular complexity index is 1160. The number of hydrogen-bond acceptors (Lipinski definition) is 6. The third-order valence-electron chi connectivity index (χ3n) is 6.73. The summed E-state index contributed by atoms with van der Waals surface area (Å²) < 4.78 is 10.8. The highest BCUT2D eigenvalue weighted by molar-refractivity contribution is 5.83. The first kappa shape index (κ1) is 22.9. The summed E-state index contributed by atoms with van der Waals surface area (Å²) in [5.41, 5.74) is 4.09. The maximum atomic E-state index is 9.05. The number of ether oxygens (including phenoxy) is 2. The Kier molecular flexibility index (Phi) is 7.11. The van der Waals surface area contributed by atoms with Crippen LogP contribution >= 0.6 is 0 Å². The van der Waals surface area contributed by atoms with Crippen molar-refractivity contribution in [1.82, 2.24) is 9.97 Å². The summed E-state index contributed by atoms with van der Waals surface area (Å²) in [4.78, 5) is 8.42. The van der Waals surface area contributed by atoms with Crippen molar-refractivity contribution in [2.75, 3.05) is 26.4 Å². The third-order valence-corrected chi connectivity index (χ3v) is 6.73. The Morgan fingerprint density at radius 1 is 0.647 bits per heavy atom. The van der Waals surface area contributed by atoms with Gasteiger partial charge in [-0.1, -0.05) is 24.3 Å². The van der Waals surface area contributed by atoms with Gasteiger partial charge >= 0.3 is 0 Å². The van der Waals surface area contributed by atoms with Gasteiger partial charge in [0, 0.05) is 48.2 Å². The molecule has 0 aliphatic carbocycles. The van der Waals surface area contributed by atoms with Crippen LogP contribution in [0, 0.1) is 0 Å². The van der Waals surface area contributed by atoms with Crippen LogP contribution in [0.3, 0.4) is 0 Å². The van der Waals surface area contributed by atoms with Gasteiger partial charge in [0.2, 0.25) is 0 Å². The summed E-state index contributed by atoms with van der Waals surface area (Å²) in [5.74, 6) is 1.05. The summed E-state index contributed by atoms with van der Waals surface area (Å²) in [7, 11) is 0. The molecule has 6 nitrogen and oxygen atoms in total. The van der Waals surface area contributed by atoms with Gasteiger partial charge in [0.1, 0.15) is 0 Å². The van der Waals surface area contributed by atoms with Crippen molar-refractivity contribution in [3.8, 4) is 0 Å². The normalized spacial score (nSPS) is 19.9. The van der Waals surface area contributed by atoms with Gasteiger partial charge in [-0.15, -0.1) is 0 Å². The molecule has 6 rings (SSSR count). The molecule has 0 amide bonds. The lowest BCUT2D eigenvalue weighted by Gasteiger charge is -2.09. The van der Waals surface area contributed by atoms with E-state index < -0.39 is 0 Å². The number of pyridine rings is 2. The van der Waals surface area contributed by atoms with Crippen molar-refractivity contribution in [3.05, 3.63) is 83.4 Å². The molecule has 0 radical (unpaired) electrons. The summed E-state index contributed by atoms with van der Waals surface area (Å²) in [5, 5.41) is 22.6. The zero-order chi connectivity index (χ0) is 23.3. The van der Waals surface area contributed by atoms with Crippen LogP contribution in [0.25, 0.3) is 21.5 Å². The van der Waals surface area contributed by atoms with Crippen LogP contribution in [0.5, 0.6) is 0 Å². The molecule has 4 aromatic rings. The molecule has 2 aliphatic rings. The summed E-state index contributed by atoms with van der Waals surface area (Å²) in [6.45, 7) is 3.37. The van der Waals surface area contributed by atoms with Gasteiger partial charge < -0.3 is 19.7 Å². The van der Waals surface area contributed by atoms with Crippen molar-refractivity contribution in [2.24, 2.45) is 0 Å². The van der Waals surface area contributed by atoms with Gasteiger partial charge in [-0.05, 0) is 59.0 Å². The Labute approximate surface area is 199 Å². The van der Waals surface area contributed by atoms with Crippen molar-refractivity contribution >= 4 is 21.5 Å². The Morgan fingerprint density at radius 3 is 1.50 bits per heavy atom. The minimum atomic E-state index is -0.00580. The molecular weight excluding hydrogens is 428 g/mol. The number of aromatic nitrogens is 2. The second-order valence-corrected chi connectivity index (χ2v) is 9.00. The lowest BCUT2D eigenvalue weighted by Crippen LogP contribution is -1.97. The van der Waals surface area contributed by atoms with E-state index in [0.29, 0.717) is 11.8 Å². The number of hydrogen-bond donors (Lipinski definition) is 2. The van der Waals surface area contributed by atoms with Gasteiger partial charge in [0.25, 0.3) is 0 Å². The van der Waals surface area contributed by atoms with E-state index in [1.165, 1.54) is 11.1 Å². The molecule has 176 valence electrons. The van der Waals surface area contributed by atoms with Gasteiger partial charge in [-0.25, -0.2) is 0 Å². The van der Waals surface area contributed by atoms with Crippen molar-refractivity contribution < 1.29 is 19.7 Å².